The SMILES string of the molecule is O=C(C[C@]1(O)C(=O)N(Cc2ccccc2)c2ccc(Cl)cc21)c1ccc2ccccc2c1. The van der Waals surface area contributed by atoms with Crippen molar-refractivity contribution in [3.8, 4) is 0 Å². The van der Waals surface area contributed by atoms with Crippen LogP contribution in [0.4, 0.5) is 5.69 Å². The first-order valence-electron chi connectivity index (χ1n) is 10.4. The summed E-state index contributed by atoms with van der Waals surface area (Å²) in [6.45, 7) is 0.292. The Bertz CT molecular complexity index is 1350. The van der Waals surface area contributed by atoms with E-state index in [9.17, 15) is 14.7 Å². The van der Waals surface area contributed by atoms with Crippen LogP contribution in [0, 0.1) is 0 Å². The summed E-state index contributed by atoms with van der Waals surface area (Å²) in [5.41, 5.74) is 0.330. The first kappa shape index (κ1) is 20.4. The highest BCUT2D eigenvalue weighted by atomic mass is 35.5. The molecule has 5 heteroatoms. The molecule has 32 heavy (non-hydrogen) atoms. The predicted molar refractivity (Wildman–Crippen MR) is 126 cm³/mol. The minimum absolute atomic E-state index is 0.292. The summed E-state index contributed by atoms with van der Waals surface area (Å²) in [5, 5.41) is 13.9. The number of carbonyl (C=O) groups excluding carboxylic acids is 2. The zero-order valence-corrected chi connectivity index (χ0v) is 17.9. The highest BCUT2D eigenvalue weighted by molar-refractivity contribution is 6.31. The van der Waals surface area contributed by atoms with Gasteiger partial charge in [0.1, 0.15) is 0 Å². The Balaban J connectivity index is 1.51. The number of hydrogen-bond acceptors (Lipinski definition) is 3. The van der Waals surface area contributed by atoms with Crippen molar-refractivity contribution in [1.29, 1.82) is 0 Å². The maximum atomic E-state index is 13.5. The van der Waals surface area contributed by atoms with Gasteiger partial charge in [0.2, 0.25) is 0 Å². The van der Waals surface area contributed by atoms with E-state index in [0.717, 1.165) is 16.3 Å². The fourth-order valence-corrected chi connectivity index (χ4v) is 4.49. The summed E-state index contributed by atoms with van der Waals surface area (Å²) in [4.78, 5) is 28.2. The first-order valence-corrected chi connectivity index (χ1v) is 10.7. The van der Waals surface area contributed by atoms with Crippen LogP contribution in [0.3, 0.4) is 0 Å². The van der Waals surface area contributed by atoms with Crippen molar-refractivity contribution >= 4 is 39.8 Å². The molecule has 1 N–H and O–H groups in total. The van der Waals surface area contributed by atoms with Crippen molar-refractivity contribution in [3.63, 3.8) is 0 Å². The number of amides is 1. The topological polar surface area (TPSA) is 57.6 Å². The van der Waals surface area contributed by atoms with E-state index in [1.807, 2.05) is 60.7 Å². The van der Waals surface area contributed by atoms with Crippen LogP contribution in [-0.2, 0) is 16.9 Å². The van der Waals surface area contributed by atoms with E-state index in [2.05, 4.69) is 0 Å². The van der Waals surface area contributed by atoms with Crippen molar-refractivity contribution in [3.05, 3.63) is 113 Å². The Morgan fingerprint density at radius 2 is 1.59 bits per heavy atom. The lowest BCUT2D eigenvalue weighted by Gasteiger charge is -2.23. The molecule has 1 aliphatic heterocycles. The molecule has 4 nitrogen and oxygen atoms in total. The fraction of sp³-hybridized carbons (Fsp3) is 0.111. The van der Waals surface area contributed by atoms with E-state index in [1.165, 1.54) is 4.90 Å². The number of ketones is 1. The number of carbonyl (C=O) groups is 2. The Labute approximate surface area is 190 Å². The number of fused-ring (bicyclic) bond motifs is 2. The number of halogens is 1. The van der Waals surface area contributed by atoms with Crippen molar-refractivity contribution in [1.82, 2.24) is 0 Å². The Morgan fingerprint density at radius 3 is 2.38 bits per heavy atom. The zero-order valence-electron chi connectivity index (χ0n) is 17.2. The van der Waals surface area contributed by atoms with Gasteiger partial charge in [-0.1, -0.05) is 78.3 Å². The Kier molecular flexibility index (Phi) is 5.04. The number of benzene rings is 4. The lowest BCUT2D eigenvalue weighted by molar-refractivity contribution is -0.136. The molecule has 0 aliphatic carbocycles. The van der Waals surface area contributed by atoms with Crippen molar-refractivity contribution in [2.75, 3.05) is 4.90 Å². The number of anilines is 1. The van der Waals surface area contributed by atoms with Crippen LogP contribution in [0.2, 0.25) is 5.02 Å². The second kappa shape index (κ2) is 7.90. The van der Waals surface area contributed by atoms with Crippen molar-refractivity contribution in [2.24, 2.45) is 0 Å². The smallest absolute Gasteiger partial charge is 0.264 e. The minimum Gasteiger partial charge on any atom is -0.375 e. The second-order valence-corrected chi connectivity index (χ2v) is 8.50. The molecule has 5 rings (SSSR count). The molecule has 158 valence electrons. The molecule has 0 bridgehead atoms. The zero-order chi connectivity index (χ0) is 22.3. The van der Waals surface area contributed by atoms with Gasteiger partial charge in [0.05, 0.1) is 18.7 Å². The molecule has 4 aromatic rings. The average molecular weight is 442 g/mol. The van der Waals surface area contributed by atoms with Gasteiger partial charge in [-0.25, -0.2) is 0 Å². The van der Waals surface area contributed by atoms with E-state index in [-0.39, 0.29) is 12.2 Å². The van der Waals surface area contributed by atoms with Crippen LogP contribution < -0.4 is 4.90 Å². The minimum atomic E-state index is -1.97. The third-order valence-corrected chi connectivity index (χ3v) is 6.20. The number of Topliss-reactive ketones (excluding diaryl/α,β-unsaturated/α-hetero) is 1. The van der Waals surface area contributed by atoms with E-state index in [4.69, 9.17) is 11.6 Å². The Hall–Kier alpha value is -3.47. The van der Waals surface area contributed by atoms with Crippen LogP contribution in [0.25, 0.3) is 10.8 Å². The third-order valence-electron chi connectivity index (χ3n) is 5.97. The maximum Gasteiger partial charge on any atom is 0.264 e. The average Bonchev–Trinajstić information content (AvgIpc) is 3.00. The lowest BCUT2D eigenvalue weighted by Crippen LogP contribution is -2.41. The number of nitrogens with zero attached hydrogens (tertiary/aromatic N) is 1. The normalized spacial score (nSPS) is 17.6. The van der Waals surface area contributed by atoms with Gasteiger partial charge in [0, 0.05) is 16.1 Å². The van der Waals surface area contributed by atoms with Gasteiger partial charge in [0.25, 0.3) is 5.91 Å². The van der Waals surface area contributed by atoms with E-state index >= 15 is 0 Å². The summed E-state index contributed by atoms with van der Waals surface area (Å²) in [5.74, 6) is -0.827. The molecule has 4 aromatic carbocycles. The molecule has 0 saturated heterocycles. The number of aliphatic hydroxyl groups is 1. The molecule has 0 fully saturated rings. The molecule has 0 spiro atoms. The summed E-state index contributed by atoms with van der Waals surface area (Å²) < 4.78 is 0. The van der Waals surface area contributed by atoms with Gasteiger partial charge in [-0.05, 0) is 40.6 Å². The van der Waals surface area contributed by atoms with Crippen LogP contribution in [-0.4, -0.2) is 16.8 Å². The molecular weight excluding hydrogens is 422 g/mol. The highest BCUT2D eigenvalue weighted by Crippen LogP contribution is 2.44. The standard InChI is InChI=1S/C27H20ClNO3/c28-22-12-13-24-23(15-22)27(32,26(31)29(24)17-18-6-2-1-3-7-18)16-25(30)21-11-10-19-8-4-5-9-20(19)14-21/h1-15,32H,16-17H2/t27-/m1/s1. The molecule has 0 unspecified atom stereocenters. The van der Waals surface area contributed by atoms with Crippen LogP contribution in [0.1, 0.15) is 27.9 Å². The molecule has 1 heterocycles. The van der Waals surface area contributed by atoms with Crippen molar-refractivity contribution in [2.45, 2.75) is 18.6 Å². The third kappa shape index (κ3) is 3.48. The van der Waals surface area contributed by atoms with Crippen LogP contribution >= 0.6 is 11.6 Å². The van der Waals surface area contributed by atoms with Gasteiger partial charge in [0.15, 0.2) is 11.4 Å². The van der Waals surface area contributed by atoms with Gasteiger partial charge in [-0.3, -0.25) is 9.59 Å². The Morgan fingerprint density at radius 1 is 0.875 bits per heavy atom. The molecular formula is C27H20ClNO3. The van der Waals surface area contributed by atoms with Crippen LogP contribution in [0.15, 0.2) is 91.0 Å². The summed E-state index contributed by atoms with van der Waals surface area (Å²) in [7, 11) is 0. The van der Waals surface area contributed by atoms with Gasteiger partial charge < -0.3 is 10.0 Å². The lowest BCUT2D eigenvalue weighted by atomic mass is 9.87. The maximum absolute atomic E-state index is 13.5. The first-order chi connectivity index (χ1) is 15.5. The summed E-state index contributed by atoms with van der Waals surface area (Å²) >= 11 is 6.20. The van der Waals surface area contributed by atoms with E-state index < -0.39 is 11.5 Å². The largest absolute Gasteiger partial charge is 0.375 e. The van der Waals surface area contributed by atoms with Gasteiger partial charge in [-0.2, -0.15) is 0 Å². The molecule has 1 amide bonds. The van der Waals surface area contributed by atoms with Gasteiger partial charge in [-0.15, -0.1) is 0 Å². The van der Waals surface area contributed by atoms with Gasteiger partial charge >= 0.3 is 0 Å². The van der Waals surface area contributed by atoms with E-state index in [0.29, 0.717) is 28.4 Å². The predicted octanol–water partition coefficient (Wildman–Crippen LogP) is 5.50. The monoisotopic (exact) mass is 441 g/mol. The number of rotatable bonds is 5. The highest BCUT2D eigenvalue weighted by Gasteiger charge is 2.51. The van der Waals surface area contributed by atoms with Crippen LogP contribution in [0.5, 0.6) is 0 Å². The number of hydrogen-bond donors (Lipinski definition) is 1. The second-order valence-electron chi connectivity index (χ2n) is 8.06. The molecule has 1 atom stereocenters. The molecule has 0 radical (unpaired) electrons. The molecule has 0 aromatic heterocycles. The summed E-state index contributed by atoms with van der Waals surface area (Å²) in [6.07, 6.45) is -0.358. The quantitative estimate of drug-likeness (QED) is 0.416. The molecule has 0 saturated carbocycles. The fourth-order valence-electron chi connectivity index (χ4n) is 4.31. The molecule has 1 aliphatic rings. The van der Waals surface area contributed by atoms with Crippen molar-refractivity contribution < 1.29 is 14.7 Å². The summed E-state index contributed by atoms with van der Waals surface area (Å²) in [6, 6.07) is 27.6. The van der Waals surface area contributed by atoms with E-state index in [1.54, 1.807) is 30.3 Å².